The third-order valence-corrected chi connectivity index (χ3v) is 3.24. The SMILES string of the molecule is COC(=O)[C@H](NC(=O)Cc1cccc([N+](=O)[O-])c1)[C@@H](C)CC#N. The Morgan fingerprint density at radius 2 is 2.17 bits per heavy atom. The lowest BCUT2D eigenvalue weighted by atomic mass is 9.98. The smallest absolute Gasteiger partial charge is 0.328 e. The number of benzene rings is 1. The summed E-state index contributed by atoms with van der Waals surface area (Å²) in [7, 11) is 1.20. The summed E-state index contributed by atoms with van der Waals surface area (Å²) in [4.78, 5) is 34.0. The zero-order valence-corrected chi connectivity index (χ0v) is 12.8. The van der Waals surface area contributed by atoms with Gasteiger partial charge in [0.15, 0.2) is 0 Å². The number of ether oxygens (including phenoxy) is 1. The summed E-state index contributed by atoms with van der Waals surface area (Å²) >= 11 is 0. The quantitative estimate of drug-likeness (QED) is 0.460. The molecule has 0 aliphatic carbocycles. The maximum atomic E-state index is 12.1. The molecule has 0 saturated carbocycles. The number of esters is 1. The van der Waals surface area contributed by atoms with Crippen molar-refractivity contribution >= 4 is 17.6 Å². The summed E-state index contributed by atoms with van der Waals surface area (Å²) in [6, 6.07) is 6.69. The molecule has 0 aliphatic heterocycles. The molecule has 0 spiro atoms. The molecular weight excluding hydrogens is 302 g/mol. The number of amides is 1. The van der Waals surface area contributed by atoms with Crippen LogP contribution in [0.4, 0.5) is 5.69 Å². The van der Waals surface area contributed by atoms with E-state index < -0.39 is 28.8 Å². The Hall–Kier alpha value is -2.95. The Morgan fingerprint density at radius 1 is 1.48 bits per heavy atom. The first-order valence-corrected chi connectivity index (χ1v) is 6.86. The van der Waals surface area contributed by atoms with Crippen molar-refractivity contribution < 1.29 is 19.2 Å². The van der Waals surface area contributed by atoms with Crippen molar-refractivity contribution in [1.29, 1.82) is 5.26 Å². The molecule has 0 fully saturated rings. The van der Waals surface area contributed by atoms with E-state index in [9.17, 15) is 19.7 Å². The normalized spacial score (nSPS) is 12.6. The van der Waals surface area contributed by atoms with Crippen molar-refractivity contribution in [3.63, 3.8) is 0 Å². The Balaban J connectivity index is 2.79. The van der Waals surface area contributed by atoms with E-state index in [0.29, 0.717) is 5.56 Å². The van der Waals surface area contributed by atoms with E-state index in [4.69, 9.17) is 5.26 Å². The van der Waals surface area contributed by atoms with E-state index >= 15 is 0 Å². The molecule has 8 heteroatoms. The van der Waals surface area contributed by atoms with Crippen molar-refractivity contribution in [2.75, 3.05) is 7.11 Å². The highest BCUT2D eigenvalue weighted by Gasteiger charge is 2.27. The van der Waals surface area contributed by atoms with E-state index in [0.717, 1.165) is 0 Å². The first-order chi connectivity index (χ1) is 10.9. The lowest BCUT2D eigenvalue weighted by Gasteiger charge is -2.21. The lowest BCUT2D eigenvalue weighted by molar-refractivity contribution is -0.384. The topological polar surface area (TPSA) is 122 Å². The number of carbonyl (C=O) groups excluding carboxylic acids is 2. The summed E-state index contributed by atoms with van der Waals surface area (Å²) < 4.78 is 4.63. The summed E-state index contributed by atoms with van der Waals surface area (Å²) in [5.74, 6) is -1.53. The number of nitro benzene ring substituents is 1. The van der Waals surface area contributed by atoms with Crippen molar-refractivity contribution in [3.8, 4) is 6.07 Å². The van der Waals surface area contributed by atoms with Gasteiger partial charge in [-0.25, -0.2) is 4.79 Å². The van der Waals surface area contributed by atoms with Gasteiger partial charge in [-0.1, -0.05) is 19.1 Å². The highest BCUT2D eigenvalue weighted by Crippen LogP contribution is 2.14. The molecule has 1 amide bonds. The van der Waals surface area contributed by atoms with Gasteiger partial charge in [0.1, 0.15) is 6.04 Å². The van der Waals surface area contributed by atoms with Gasteiger partial charge < -0.3 is 10.1 Å². The summed E-state index contributed by atoms with van der Waals surface area (Å²) in [6.07, 6.45) is -0.0364. The van der Waals surface area contributed by atoms with Gasteiger partial charge in [0, 0.05) is 24.5 Å². The lowest BCUT2D eigenvalue weighted by Crippen LogP contribution is -2.46. The molecule has 8 nitrogen and oxygen atoms in total. The van der Waals surface area contributed by atoms with Crippen molar-refractivity contribution in [2.45, 2.75) is 25.8 Å². The Labute approximate surface area is 133 Å². The van der Waals surface area contributed by atoms with Crippen LogP contribution in [0.2, 0.25) is 0 Å². The molecule has 2 atom stereocenters. The fraction of sp³-hybridized carbons (Fsp3) is 0.400. The minimum absolute atomic E-state index is 0.0802. The molecule has 0 bridgehead atoms. The maximum Gasteiger partial charge on any atom is 0.328 e. The van der Waals surface area contributed by atoms with Crippen LogP contribution in [-0.2, 0) is 20.7 Å². The van der Waals surface area contributed by atoms with Crippen LogP contribution in [0.5, 0.6) is 0 Å². The molecule has 1 rings (SSSR count). The molecule has 1 N–H and O–H groups in total. The number of nitrogens with one attached hydrogen (secondary N) is 1. The van der Waals surface area contributed by atoms with Crippen LogP contribution in [0, 0.1) is 27.4 Å². The standard InChI is InChI=1S/C15H17N3O5/c1-10(6-7-16)14(15(20)23-2)17-13(19)9-11-4-3-5-12(8-11)18(21)22/h3-5,8,10,14H,6,9H2,1-2H3,(H,17,19)/t10-,14+/m0/s1. The molecule has 0 aliphatic rings. The minimum atomic E-state index is -0.939. The van der Waals surface area contributed by atoms with Gasteiger partial charge in [-0.3, -0.25) is 14.9 Å². The Bertz CT molecular complexity index is 638. The third-order valence-electron chi connectivity index (χ3n) is 3.24. The van der Waals surface area contributed by atoms with Gasteiger partial charge in [-0.15, -0.1) is 0 Å². The maximum absolute atomic E-state index is 12.1. The van der Waals surface area contributed by atoms with E-state index in [1.54, 1.807) is 13.0 Å². The van der Waals surface area contributed by atoms with Crippen LogP contribution in [-0.4, -0.2) is 30.0 Å². The van der Waals surface area contributed by atoms with Gasteiger partial charge in [-0.05, 0) is 5.56 Å². The molecule has 0 heterocycles. The molecule has 1 aromatic rings. The van der Waals surface area contributed by atoms with E-state index in [-0.39, 0.29) is 18.5 Å². The van der Waals surface area contributed by atoms with Crippen LogP contribution < -0.4 is 5.32 Å². The number of hydrogen-bond acceptors (Lipinski definition) is 6. The van der Waals surface area contributed by atoms with Crippen LogP contribution >= 0.6 is 0 Å². The number of nitriles is 1. The number of nitro groups is 1. The number of nitrogens with zero attached hydrogens (tertiary/aromatic N) is 2. The largest absolute Gasteiger partial charge is 0.467 e. The Morgan fingerprint density at radius 3 is 2.74 bits per heavy atom. The first kappa shape index (κ1) is 18.1. The highest BCUT2D eigenvalue weighted by atomic mass is 16.6. The second-order valence-corrected chi connectivity index (χ2v) is 5.01. The summed E-state index contributed by atoms with van der Waals surface area (Å²) in [6.45, 7) is 1.65. The third kappa shape index (κ3) is 5.39. The Kier molecular flexibility index (Phi) is 6.68. The van der Waals surface area contributed by atoms with Crippen molar-refractivity contribution in [1.82, 2.24) is 5.32 Å². The molecule has 0 aromatic heterocycles. The van der Waals surface area contributed by atoms with Gasteiger partial charge >= 0.3 is 5.97 Å². The number of rotatable bonds is 7. The van der Waals surface area contributed by atoms with Crippen LogP contribution in [0.3, 0.4) is 0 Å². The summed E-state index contributed by atoms with van der Waals surface area (Å²) in [5.41, 5.74) is 0.339. The highest BCUT2D eigenvalue weighted by molar-refractivity contribution is 5.85. The molecule has 122 valence electrons. The molecular formula is C15H17N3O5. The van der Waals surface area contributed by atoms with E-state index in [1.807, 2.05) is 6.07 Å². The molecule has 0 saturated heterocycles. The zero-order valence-electron chi connectivity index (χ0n) is 12.8. The second-order valence-electron chi connectivity index (χ2n) is 5.01. The molecule has 0 radical (unpaired) electrons. The number of hydrogen-bond donors (Lipinski definition) is 1. The van der Waals surface area contributed by atoms with Crippen molar-refractivity contribution in [3.05, 3.63) is 39.9 Å². The minimum Gasteiger partial charge on any atom is -0.467 e. The molecule has 0 unspecified atom stereocenters. The fourth-order valence-corrected chi connectivity index (χ4v) is 2.01. The van der Waals surface area contributed by atoms with Crippen LogP contribution in [0.15, 0.2) is 24.3 Å². The van der Waals surface area contributed by atoms with Gasteiger partial charge in [0.05, 0.1) is 24.5 Å². The van der Waals surface area contributed by atoms with Gasteiger partial charge in [0.25, 0.3) is 5.69 Å². The zero-order chi connectivity index (χ0) is 17.4. The van der Waals surface area contributed by atoms with Crippen LogP contribution in [0.1, 0.15) is 18.9 Å². The predicted molar refractivity (Wildman–Crippen MR) is 80.1 cm³/mol. The van der Waals surface area contributed by atoms with Gasteiger partial charge in [0.2, 0.25) is 5.91 Å². The predicted octanol–water partition coefficient (Wildman–Crippen LogP) is 1.34. The van der Waals surface area contributed by atoms with Crippen molar-refractivity contribution in [2.24, 2.45) is 5.92 Å². The molecule has 23 heavy (non-hydrogen) atoms. The monoisotopic (exact) mass is 319 g/mol. The van der Waals surface area contributed by atoms with Crippen LogP contribution in [0.25, 0.3) is 0 Å². The molecule has 1 aromatic carbocycles. The number of non-ortho nitro benzene ring substituents is 1. The summed E-state index contributed by atoms with van der Waals surface area (Å²) in [5, 5.41) is 21.9. The second kappa shape index (κ2) is 8.48. The average molecular weight is 319 g/mol. The fourth-order valence-electron chi connectivity index (χ4n) is 2.01. The van der Waals surface area contributed by atoms with E-state index in [2.05, 4.69) is 10.1 Å². The number of carbonyl (C=O) groups is 2. The average Bonchev–Trinajstić information content (AvgIpc) is 2.52. The number of methoxy groups -OCH3 is 1. The van der Waals surface area contributed by atoms with E-state index in [1.165, 1.54) is 25.3 Å². The first-order valence-electron chi connectivity index (χ1n) is 6.86. The van der Waals surface area contributed by atoms with Gasteiger partial charge in [-0.2, -0.15) is 5.26 Å².